The molecule has 1 N–H and O–H groups in total. The molecular formula is C10H8Cl2N2O2. The Morgan fingerprint density at radius 2 is 2.06 bits per heavy atom. The van der Waals surface area contributed by atoms with E-state index < -0.39 is 6.03 Å². The van der Waals surface area contributed by atoms with Crippen molar-refractivity contribution in [2.24, 2.45) is 0 Å². The largest absolute Gasteiger partial charge is 0.329 e. The van der Waals surface area contributed by atoms with E-state index in [4.69, 9.17) is 23.2 Å². The Bertz CT molecular complexity index is 446. The molecule has 1 fully saturated rings. The molecule has 1 heterocycles. The molecule has 0 unspecified atom stereocenters. The van der Waals surface area contributed by atoms with Crippen molar-refractivity contribution in [2.45, 2.75) is 6.54 Å². The fourth-order valence-electron chi connectivity index (χ4n) is 1.44. The van der Waals surface area contributed by atoms with Gasteiger partial charge in [0.2, 0.25) is 5.91 Å². The Morgan fingerprint density at radius 1 is 1.31 bits per heavy atom. The molecule has 0 radical (unpaired) electrons. The normalized spacial score (nSPS) is 15.5. The molecule has 84 valence electrons. The van der Waals surface area contributed by atoms with E-state index in [2.05, 4.69) is 5.32 Å². The standard InChI is InChI=1S/C10H8Cl2N2O2/c11-7-2-1-6(8(12)3-7)5-14-9(15)4-13-10(14)16/h1-3H,4-5H2,(H,13,16). The molecule has 1 aliphatic heterocycles. The third kappa shape index (κ3) is 2.13. The quantitative estimate of drug-likeness (QED) is 0.826. The first-order chi connectivity index (χ1) is 7.58. The first kappa shape index (κ1) is 11.2. The highest BCUT2D eigenvalue weighted by atomic mass is 35.5. The molecule has 0 bridgehead atoms. The van der Waals surface area contributed by atoms with E-state index in [9.17, 15) is 9.59 Å². The second-order valence-electron chi connectivity index (χ2n) is 3.37. The number of nitrogens with one attached hydrogen (secondary N) is 1. The first-order valence-corrected chi connectivity index (χ1v) is 5.35. The van der Waals surface area contributed by atoms with Crippen molar-refractivity contribution < 1.29 is 9.59 Å². The molecule has 0 spiro atoms. The van der Waals surface area contributed by atoms with Crippen molar-refractivity contribution in [3.8, 4) is 0 Å². The van der Waals surface area contributed by atoms with Gasteiger partial charge in [0.25, 0.3) is 0 Å². The van der Waals surface area contributed by atoms with E-state index in [1.807, 2.05) is 0 Å². The molecule has 1 aliphatic rings. The molecule has 1 aromatic rings. The van der Waals surface area contributed by atoms with Gasteiger partial charge in [0.05, 0.1) is 13.1 Å². The second kappa shape index (κ2) is 4.31. The molecule has 0 saturated carbocycles. The average Bonchev–Trinajstić information content (AvgIpc) is 2.53. The number of halogens is 2. The lowest BCUT2D eigenvalue weighted by Gasteiger charge is -2.13. The van der Waals surface area contributed by atoms with Crippen LogP contribution in [-0.4, -0.2) is 23.4 Å². The van der Waals surface area contributed by atoms with Crippen molar-refractivity contribution in [3.05, 3.63) is 33.8 Å². The van der Waals surface area contributed by atoms with Crippen LogP contribution in [0.15, 0.2) is 18.2 Å². The molecule has 0 atom stereocenters. The van der Waals surface area contributed by atoms with Gasteiger partial charge in [0.15, 0.2) is 0 Å². The molecular weight excluding hydrogens is 251 g/mol. The second-order valence-corrected chi connectivity index (χ2v) is 4.22. The zero-order chi connectivity index (χ0) is 11.7. The molecule has 4 nitrogen and oxygen atoms in total. The van der Waals surface area contributed by atoms with Gasteiger partial charge in [-0.1, -0.05) is 29.3 Å². The van der Waals surface area contributed by atoms with Crippen LogP contribution in [-0.2, 0) is 11.3 Å². The predicted octanol–water partition coefficient (Wildman–Crippen LogP) is 2.05. The van der Waals surface area contributed by atoms with Crippen LogP contribution in [0.5, 0.6) is 0 Å². The minimum absolute atomic E-state index is 0.0457. The summed E-state index contributed by atoms with van der Waals surface area (Å²) in [5.41, 5.74) is 0.691. The van der Waals surface area contributed by atoms with E-state index in [1.54, 1.807) is 18.2 Å². The molecule has 0 aromatic heterocycles. The number of nitrogens with zero attached hydrogens (tertiary/aromatic N) is 1. The Labute approximate surface area is 102 Å². The van der Waals surface area contributed by atoms with Crippen molar-refractivity contribution in [1.29, 1.82) is 0 Å². The summed E-state index contributed by atoms with van der Waals surface area (Å²) in [5, 5.41) is 3.40. The lowest BCUT2D eigenvalue weighted by atomic mass is 10.2. The van der Waals surface area contributed by atoms with Crippen LogP contribution in [0.1, 0.15) is 5.56 Å². The van der Waals surface area contributed by atoms with Gasteiger partial charge in [-0.05, 0) is 17.7 Å². The average molecular weight is 259 g/mol. The van der Waals surface area contributed by atoms with Gasteiger partial charge in [-0.15, -0.1) is 0 Å². The van der Waals surface area contributed by atoms with Gasteiger partial charge >= 0.3 is 6.03 Å². The molecule has 3 amide bonds. The Morgan fingerprint density at radius 3 is 2.62 bits per heavy atom. The monoisotopic (exact) mass is 258 g/mol. The van der Waals surface area contributed by atoms with Crippen LogP contribution in [0.3, 0.4) is 0 Å². The van der Waals surface area contributed by atoms with E-state index in [1.165, 1.54) is 0 Å². The number of rotatable bonds is 2. The van der Waals surface area contributed by atoms with Crippen LogP contribution in [0.4, 0.5) is 4.79 Å². The number of urea groups is 1. The Balaban J connectivity index is 2.20. The summed E-state index contributed by atoms with van der Waals surface area (Å²) in [6, 6.07) is 4.55. The van der Waals surface area contributed by atoms with Crippen LogP contribution in [0.2, 0.25) is 10.0 Å². The first-order valence-electron chi connectivity index (χ1n) is 4.60. The lowest BCUT2D eigenvalue weighted by molar-refractivity contribution is -0.125. The van der Waals surface area contributed by atoms with Crippen molar-refractivity contribution in [1.82, 2.24) is 10.2 Å². The summed E-state index contributed by atoms with van der Waals surface area (Å²) in [6.45, 7) is 0.213. The minimum atomic E-state index is -0.393. The maximum atomic E-state index is 11.3. The highest BCUT2D eigenvalue weighted by molar-refractivity contribution is 6.35. The molecule has 1 saturated heterocycles. The van der Waals surface area contributed by atoms with E-state index in [0.717, 1.165) is 4.90 Å². The van der Waals surface area contributed by atoms with Crippen LogP contribution >= 0.6 is 23.2 Å². The maximum Gasteiger partial charge on any atom is 0.324 e. The third-order valence-corrected chi connectivity index (χ3v) is 2.87. The van der Waals surface area contributed by atoms with Crippen LogP contribution < -0.4 is 5.32 Å². The summed E-state index contributed by atoms with van der Waals surface area (Å²) in [4.78, 5) is 23.8. The summed E-state index contributed by atoms with van der Waals surface area (Å²) in [6.07, 6.45) is 0. The summed E-state index contributed by atoms with van der Waals surface area (Å²) in [7, 11) is 0. The Hall–Kier alpha value is -1.26. The number of amides is 3. The van der Waals surface area contributed by atoms with E-state index >= 15 is 0 Å². The summed E-state index contributed by atoms with van der Waals surface area (Å²) < 4.78 is 0. The predicted molar refractivity (Wildman–Crippen MR) is 60.4 cm³/mol. The number of imide groups is 1. The van der Waals surface area contributed by atoms with Gasteiger partial charge in [0, 0.05) is 10.0 Å². The van der Waals surface area contributed by atoms with Crippen molar-refractivity contribution >= 4 is 35.1 Å². The maximum absolute atomic E-state index is 11.3. The van der Waals surface area contributed by atoms with Gasteiger partial charge in [-0.2, -0.15) is 0 Å². The molecule has 16 heavy (non-hydrogen) atoms. The molecule has 0 aliphatic carbocycles. The zero-order valence-electron chi connectivity index (χ0n) is 8.17. The number of hydrogen-bond donors (Lipinski definition) is 1. The minimum Gasteiger partial charge on any atom is -0.329 e. The van der Waals surface area contributed by atoms with Gasteiger partial charge in [-0.25, -0.2) is 4.79 Å². The van der Waals surface area contributed by atoms with Gasteiger partial charge in [-0.3, -0.25) is 9.69 Å². The number of carbonyl (C=O) groups is 2. The van der Waals surface area contributed by atoms with Crippen molar-refractivity contribution in [3.63, 3.8) is 0 Å². The number of carbonyl (C=O) groups excluding carboxylic acids is 2. The van der Waals surface area contributed by atoms with E-state index in [-0.39, 0.29) is 19.0 Å². The molecule has 6 heteroatoms. The lowest BCUT2D eigenvalue weighted by Crippen LogP contribution is -2.30. The number of benzene rings is 1. The third-order valence-electron chi connectivity index (χ3n) is 2.28. The highest BCUT2D eigenvalue weighted by Crippen LogP contribution is 2.22. The summed E-state index contributed by atoms with van der Waals surface area (Å²) in [5.74, 6) is -0.254. The highest BCUT2D eigenvalue weighted by Gasteiger charge is 2.28. The summed E-state index contributed by atoms with van der Waals surface area (Å²) >= 11 is 11.7. The Kier molecular flexibility index (Phi) is 3.03. The fraction of sp³-hybridized carbons (Fsp3) is 0.200. The molecule has 1 aromatic carbocycles. The fourth-order valence-corrected chi connectivity index (χ4v) is 1.90. The smallest absolute Gasteiger partial charge is 0.324 e. The van der Waals surface area contributed by atoms with Crippen LogP contribution in [0.25, 0.3) is 0 Å². The number of hydrogen-bond acceptors (Lipinski definition) is 2. The van der Waals surface area contributed by atoms with Crippen molar-refractivity contribution in [2.75, 3.05) is 6.54 Å². The van der Waals surface area contributed by atoms with Gasteiger partial charge in [0.1, 0.15) is 0 Å². The SMILES string of the molecule is O=C1CNC(=O)N1Cc1ccc(Cl)cc1Cl. The van der Waals surface area contributed by atoms with Gasteiger partial charge < -0.3 is 5.32 Å². The molecule has 2 rings (SSSR count). The topological polar surface area (TPSA) is 49.4 Å². The van der Waals surface area contributed by atoms with Crippen LogP contribution in [0, 0.1) is 0 Å². The zero-order valence-corrected chi connectivity index (χ0v) is 9.68. The van der Waals surface area contributed by atoms with E-state index in [0.29, 0.717) is 15.6 Å².